The Bertz CT molecular complexity index is 2740. The Morgan fingerprint density at radius 3 is 1.62 bits per heavy atom. The van der Waals surface area contributed by atoms with Crippen molar-refractivity contribution < 1.29 is 4.42 Å². The number of hydrogen-bond donors (Lipinski definition) is 0. The van der Waals surface area contributed by atoms with Crippen LogP contribution in [-0.2, 0) is 5.41 Å². The summed E-state index contributed by atoms with van der Waals surface area (Å²) in [6.07, 6.45) is 10.5. The van der Waals surface area contributed by atoms with Gasteiger partial charge < -0.3 is 4.42 Å². The second-order valence-corrected chi connectivity index (χ2v) is 14.7. The van der Waals surface area contributed by atoms with Gasteiger partial charge in [-0.15, -0.1) is 0 Å². The molecule has 0 aliphatic carbocycles. The zero-order chi connectivity index (χ0) is 36.9. The summed E-state index contributed by atoms with van der Waals surface area (Å²) < 4.78 is 6.77. The molecule has 0 N–H and O–H groups in total. The molecule has 0 unspecified atom stereocenters. The van der Waals surface area contributed by atoms with E-state index in [4.69, 9.17) is 4.42 Å². The molecule has 1 aromatic heterocycles. The van der Waals surface area contributed by atoms with Gasteiger partial charge in [0.05, 0.1) is 0 Å². The number of allylic oxidation sites excluding steroid dienone is 2. The molecule has 53 heavy (non-hydrogen) atoms. The minimum Gasteiger partial charge on any atom is -0.456 e. The molecule has 0 aliphatic rings. The summed E-state index contributed by atoms with van der Waals surface area (Å²) in [6.45, 7) is 19.7. The van der Waals surface area contributed by atoms with Crippen LogP contribution >= 0.6 is 0 Å². The van der Waals surface area contributed by atoms with E-state index in [0.29, 0.717) is 0 Å². The molecule has 1 nitrogen and oxygen atoms in total. The van der Waals surface area contributed by atoms with Gasteiger partial charge in [0.15, 0.2) is 0 Å². The third-order valence-electron chi connectivity index (χ3n) is 10.6. The summed E-state index contributed by atoms with van der Waals surface area (Å²) in [6, 6.07) is 43.8. The van der Waals surface area contributed by atoms with Gasteiger partial charge in [0.25, 0.3) is 0 Å². The van der Waals surface area contributed by atoms with Crippen LogP contribution in [0.15, 0.2) is 151 Å². The summed E-state index contributed by atoms with van der Waals surface area (Å²) in [5.41, 5.74) is 12.5. The van der Waals surface area contributed by atoms with E-state index in [9.17, 15) is 0 Å². The van der Waals surface area contributed by atoms with Crippen molar-refractivity contribution in [1.29, 1.82) is 0 Å². The molecule has 258 valence electrons. The average Bonchev–Trinajstić information content (AvgIpc) is 3.54. The van der Waals surface area contributed by atoms with Crippen LogP contribution in [0.4, 0.5) is 0 Å². The van der Waals surface area contributed by atoms with E-state index >= 15 is 0 Å². The topological polar surface area (TPSA) is 13.1 Å². The van der Waals surface area contributed by atoms with Crippen LogP contribution in [0.25, 0.3) is 89.3 Å². The van der Waals surface area contributed by atoms with Gasteiger partial charge in [0, 0.05) is 10.9 Å². The largest absolute Gasteiger partial charge is 0.456 e. The average molecular weight is 685 g/mol. The number of hydrogen-bond acceptors (Lipinski definition) is 1. The minimum absolute atomic E-state index is 0.0838. The van der Waals surface area contributed by atoms with Crippen LogP contribution in [0.3, 0.4) is 0 Å². The molecule has 0 atom stereocenters. The van der Waals surface area contributed by atoms with Gasteiger partial charge in [-0.2, -0.15) is 0 Å². The van der Waals surface area contributed by atoms with E-state index in [2.05, 4.69) is 187 Å². The first-order valence-electron chi connectivity index (χ1n) is 18.5. The summed E-state index contributed by atoms with van der Waals surface area (Å²) in [4.78, 5) is 0. The van der Waals surface area contributed by atoms with Gasteiger partial charge >= 0.3 is 0 Å². The molecule has 0 radical (unpaired) electrons. The maximum absolute atomic E-state index is 6.77. The molecule has 8 rings (SSSR count). The molecule has 1 heterocycles. The molecule has 1 heteroatoms. The fourth-order valence-corrected chi connectivity index (χ4v) is 8.59. The lowest BCUT2D eigenvalue weighted by Crippen LogP contribution is -2.16. The molecule has 7 aromatic carbocycles. The highest BCUT2D eigenvalue weighted by Crippen LogP contribution is 2.48. The lowest BCUT2D eigenvalue weighted by Gasteiger charge is -2.28. The van der Waals surface area contributed by atoms with E-state index in [-0.39, 0.29) is 5.41 Å². The fraction of sp³-hybridized carbons (Fsp3) is 0.115. The molecule has 0 saturated carbocycles. The Morgan fingerprint density at radius 2 is 1.09 bits per heavy atom. The van der Waals surface area contributed by atoms with Crippen LogP contribution in [-0.4, -0.2) is 0 Å². The fourth-order valence-electron chi connectivity index (χ4n) is 8.59. The Balaban J connectivity index is 1.40. The lowest BCUT2D eigenvalue weighted by atomic mass is 9.75. The molecule has 8 aromatic rings. The molecule has 0 spiro atoms. The van der Waals surface area contributed by atoms with Crippen LogP contribution in [0, 0.1) is 0 Å². The zero-order valence-corrected chi connectivity index (χ0v) is 31.3. The van der Waals surface area contributed by atoms with Crippen LogP contribution < -0.4 is 0 Å². The van der Waals surface area contributed by atoms with Gasteiger partial charge in [0.1, 0.15) is 11.3 Å². The van der Waals surface area contributed by atoms with Gasteiger partial charge in [-0.3, -0.25) is 0 Å². The first kappa shape index (κ1) is 33.9. The predicted octanol–water partition coefficient (Wildman–Crippen LogP) is 15.3. The monoisotopic (exact) mass is 684 g/mol. The van der Waals surface area contributed by atoms with Crippen molar-refractivity contribution in [2.45, 2.75) is 40.0 Å². The third-order valence-corrected chi connectivity index (χ3v) is 10.6. The molecule has 0 amide bonds. The van der Waals surface area contributed by atoms with Crippen molar-refractivity contribution in [3.05, 3.63) is 180 Å². The standard InChI is InChI=1S/C52H44O/c1-8-21-42-35(9-2)49(41-28-19-20-29-43(41)51(42)52(5,6)7)36(10-3)50-44-31-30-34(32-46(44)53-45(50)11-4)48-39-26-17-15-24-37(39)47(33-22-13-12-14-23-33)38-25-16-18-27-40(38)48/h8-32H,2,4H2,1,3,5-7H3/b21-8-,36-10-. The Morgan fingerprint density at radius 1 is 0.547 bits per heavy atom. The van der Waals surface area contributed by atoms with Crippen molar-refractivity contribution in [3.63, 3.8) is 0 Å². The second kappa shape index (κ2) is 13.4. The Hall–Kier alpha value is -6.18. The SMILES string of the molecule is C=Cc1oc2cc(-c3c4ccccc4c(-c4ccccc4)c4ccccc34)ccc2c1/C(=C\C)c1c(C=C)c(/C=C\C)c(C(C)(C)C)c2ccccc12. The van der Waals surface area contributed by atoms with Crippen LogP contribution in [0.1, 0.15) is 68.2 Å². The number of fused-ring (bicyclic) bond motifs is 4. The molecular weight excluding hydrogens is 641 g/mol. The van der Waals surface area contributed by atoms with Crippen LogP contribution in [0.2, 0.25) is 0 Å². The van der Waals surface area contributed by atoms with Crippen molar-refractivity contribution in [2.24, 2.45) is 0 Å². The molecule has 0 saturated heterocycles. The zero-order valence-electron chi connectivity index (χ0n) is 31.3. The van der Waals surface area contributed by atoms with Gasteiger partial charge in [0.2, 0.25) is 0 Å². The molecule has 0 aliphatic heterocycles. The van der Waals surface area contributed by atoms with E-state index in [0.717, 1.165) is 44.6 Å². The van der Waals surface area contributed by atoms with Gasteiger partial charge in [-0.1, -0.05) is 167 Å². The molecule has 0 fully saturated rings. The second-order valence-electron chi connectivity index (χ2n) is 14.7. The highest BCUT2D eigenvalue weighted by atomic mass is 16.3. The predicted molar refractivity (Wildman–Crippen MR) is 232 cm³/mol. The maximum atomic E-state index is 6.77. The highest BCUT2D eigenvalue weighted by molar-refractivity contribution is 6.22. The third kappa shape index (κ3) is 5.47. The smallest absolute Gasteiger partial charge is 0.136 e. The summed E-state index contributed by atoms with van der Waals surface area (Å²) in [5.74, 6) is 0.756. The van der Waals surface area contributed by atoms with Crippen molar-refractivity contribution in [3.8, 4) is 22.3 Å². The quantitative estimate of drug-likeness (QED) is 0.152. The first-order chi connectivity index (χ1) is 25.8. The van der Waals surface area contributed by atoms with Crippen molar-refractivity contribution in [1.82, 2.24) is 0 Å². The number of benzene rings is 7. The molecule has 0 bridgehead atoms. The Kier molecular flexibility index (Phi) is 8.59. The van der Waals surface area contributed by atoms with Crippen LogP contribution in [0.5, 0.6) is 0 Å². The van der Waals surface area contributed by atoms with E-state index < -0.39 is 0 Å². The van der Waals surface area contributed by atoms with Crippen molar-refractivity contribution >= 4 is 67.1 Å². The lowest BCUT2D eigenvalue weighted by molar-refractivity contribution is 0.594. The minimum atomic E-state index is -0.0838. The number of furan rings is 1. The summed E-state index contributed by atoms with van der Waals surface area (Å²) in [7, 11) is 0. The van der Waals surface area contributed by atoms with Gasteiger partial charge in [-0.25, -0.2) is 0 Å². The Labute approximate surface area is 312 Å². The van der Waals surface area contributed by atoms with E-state index in [1.165, 1.54) is 60.1 Å². The first-order valence-corrected chi connectivity index (χ1v) is 18.5. The highest BCUT2D eigenvalue weighted by Gasteiger charge is 2.28. The summed E-state index contributed by atoms with van der Waals surface area (Å²) in [5, 5.41) is 8.40. The normalized spacial score (nSPS) is 12.4. The number of rotatable bonds is 7. The maximum Gasteiger partial charge on any atom is 0.136 e. The van der Waals surface area contributed by atoms with Crippen molar-refractivity contribution in [2.75, 3.05) is 0 Å². The summed E-state index contributed by atoms with van der Waals surface area (Å²) >= 11 is 0. The van der Waals surface area contributed by atoms with Gasteiger partial charge in [-0.05, 0) is 120 Å². The van der Waals surface area contributed by atoms with E-state index in [1.807, 2.05) is 12.2 Å². The van der Waals surface area contributed by atoms with E-state index in [1.54, 1.807) is 0 Å². The molecular formula is C52H44O.